The number of pyridine rings is 2. The molecule has 0 unspecified atom stereocenters. The molecule has 2 aromatic carbocycles. The van der Waals surface area contributed by atoms with Crippen LogP contribution in [0.2, 0.25) is 0 Å². The lowest BCUT2D eigenvalue weighted by molar-refractivity contribution is 0.0740. The number of rotatable bonds is 5. The minimum Gasteiger partial charge on any atom is -0.384 e. The summed E-state index contributed by atoms with van der Waals surface area (Å²) >= 11 is 0. The molecule has 0 saturated heterocycles. The van der Waals surface area contributed by atoms with E-state index < -0.39 is 20.2 Å². The Balaban J connectivity index is 1.92. The fraction of sp³-hybridized carbons (Fsp3) is 0.259. The Morgan fingerprint density at radius 2 is 1.55 bits per heavy atom. The second kappa shape index (κ2) is 8.04. The van der Waals surface area contributed by atoms with E-state index in [2.05, 4.69) is 9.97 Å². The maximum atomic E-state index is 12.5. The molecule has 33 heavy (non-hydrogen) atoms. The highest BCUT2D eigenvalue weighted by molar-refractivity contribution is 7.91. The van der Waals surface area contributed by atoms with Gasteiger partial charge in [-0.3, -0.25) is 4.98 Å². The third-order valence-electron chi connectivity index (χ3n) is 6.17. The summed E-state index contributed by atoms with van der Waals surface area (Å²) < 4.78 is 24.0. The van der Waals surface area contributed by atoms with E-state index in [0.29, 0.717) is 11.3 Å². The highest BCUT2D eigenvalue weighted by atomic mass is 32.2. The molecule has 4 rings (SSSR count). The van der Waals surface area contributed by atoms with Gasteiger partial charge in [-0.05, 0) is 75.2 Å². The van der Waals surface area contributed by atoms with Gasteiger partial charge in [-0.1, -0.05) is 30.3 Å². The van der Waals surface area contributed by atoms with E-state index in [-0.39, 0.29) is 0 Å². The van der Waals surface area contributed by atoms with Crippen LogP contribution in [0.15, 0.2) is 72.9 Å². The van der Waals surface area contributed by atoms with Crippen molar-refractivity contribution in [2.24, 2.45) is 0 Å². The maximum absolute atomic E-state index is 12.5. The number of benzene rings is 2. The van der Waals surface area contributed by atoms with E-state index in [4.69, 9.17) is 0 Å². The fourth-order valence-corrected chi connectivity index (χ4v) is 4.30. The van der Waals surface area contributed by atoms with Gasteiger partial charge in [0.15, 0.2) is 9.84 Å². The molecule has 6 heteroatoms. The van der Waals surface area contributed by atoms with Crippen molar-refractivity contribution in [1.82, 2.24) is 9.97 Å². The van der Waals surface area contributed by atoms with E-state index in [0.717, 1.165) is 33.3 Å². The molecule has 0 aliphatic heterocycles. The summed E-state index contributed by atoms with van der Waals surface area (Å²) in [4.78, 5) is 9.25. The summed E-state index contributed by atoms with van der Waals surface area (Å²) in [6.07, 6.45) is 3.01. The number of aliphatic hydroxyl groups is 1. The molecule has 0 saturated carbocycles. The molecule has 170 valence electrons. The second-order valence-corrected chi connectivity index (χ2v) is 12.0. The summed E-state index contributed by atoms with van der Waals surface area (Å²) in [5.41, 5.74) is 4.50. The molecule has 0 amide bonds. The third kappa shape index (κ3) is 4.41. The Hall–Kier alpha value is -3.09. The quantitative estimate of drug-likeness (QED) is 0.427. The molecule has 4 aromatic rings. The van der Waals surface area contributed by atoms with Gasteiger partial charge in [0.2, 0.25) is 0 Å². The largest absolute Gasteiger partial charge is 0.384 e. The monoisotopic (exact) mass is 460 g/mol. The first-order valence-electron chi connectivity index (χ1n) is 10.8. The van der Waals surface area contributed by atoms with Crippen LogP contribution in [0, 0.1) is 0 Å². The van der Waals surface area contributed by atoms with Gasteiger partial charge in [0, 0.05) is 29.0 Å². The highest BCUT2D eigenvalue weighted by Crippen LogP contribution is 2.37. The Labute approximate surface area is 195 Å². The van der Waals surface area contributed by atoms with E-state index in [9.17, 15) is 13.5 Å². The molecule has 5 nitrogen and oxygen atoms in total. The second-order valence-electron chi connectivity index (χ2n) is 9.43. The number of fused-ring (bicyclic) bond motifs is 1. The zero-order chi connectivity index (χ0) is 24.0. The Bertz CT molecular complexity index is 1450. The first kappa shape index (κ1) is 23.1. The van der Waals surface area contributed by atoms with Gasteiger partial charge in [0.1, 0.15) is 5.60 Å². The van der Waals surface area contributed by atoms with Gasteiger partial charge in [-0.25, -0.2) is 13.4 Å². The van der Waals surface area contributed by atoms with Gasteiger partial charge in [-0.2, -0.15) is 0 Å². The lowest BCUT2D eigenvalue weighted by Gasteiger charge is -2.24. The summed E-state index contributed by atoms with van der Waals surface area (Å²) in [7, 11) is -3.35. The number of sulfone groups is 1. The van der Waals surface area contributed by atoms with Crippen molar-refractivity contribution in [3.63, 3.8) is 0 Å². The molecule has 0 radical (unpaired) electrons. The zero-order valence-corrected chi connectivity index (χ0v) is 20.3. The molecule has 0 bridgehead atoms. The number of hydrogen-bond acceptors (Lipinski definition) is 5. The molecule has 1 N–H and O–H groups in total. The van der Waals surface area contributed by atoms with Gasteiger partial charge in [-0.15, -0.1) is 0 Å². The number of nitrogens with zero attached hydrogens (tertiary/aromatic N) is 2. The number of aromatic nitrogens is 2. The van der Waals surface area contributed by atoms with E-state index in [1.807, 2.05) is 66.7 Å². The van der Waals surface area contributed by atoms with Crippen LogP contribution in [-0.4, -0.2) is 29.7 Å². The topological polar surface area (TPSA) is 80.1 Å². The fourth-order valence-electron chi connectivity index (χ4n) is 3.76. The smallest absolute Gasteiger partial charge is 0.156 e. The number of hydrogen-bond donors (Lipinski definition) is 1. The molecule has 0 atom stereocenters. The van der Waals surface area contributed by atoms with Crippen LogP contribution in [0.5, 0.6) is 0 Å². The Kier molecular flexibility index (Phi) is 5.63. The Morgan fingerprint density at radius 3 is 2.24 bits per heavy atom. The third-order valence-corrected chi connectivity index (χ3v) is 8.26. The van der Waals surface area contributed by atoms with Gasteiger partial charge < -0.3 is 5.11 Å². The summed E-state index contributed by atoms with van der Waals surface area (Å²) in [5, 5.41) is 11.2. The molecule has 0 aliphatic rings. The van der Waals surface area contributed by atoms with Crippen molar-refractivity contribution in [2.45, 2.75) is 38.0 Å². The van der Waals surface area contributed by atoms with Gasteiger partial charge >= 0.3 is 0 Å². The van der Waals surface area contributed by atoms with Crippen LogP contribution in [0.25, 0.3) is 33.3 Å². The molecule has 0 fully saturated rings. The zero-order valence-electron chi connectivity index (χ0n) is 19.5. The van der Waals surface area contributed by atoms with Crippen molar-refractivity contribution in [2.75, 3.05) is 6.26 Å². The standard InChI is InChI=1S/C27H28N2O3S/c1-26(2,30)24-13-7-12-23(29-24)19-10-6-9-18(15-19)22-17-21(27(3,4)33(5,31)32)16-20-11-8-14-28-25(20)22/h6-17,30H,1-5H3. The average Bonchev–Trinajstić information content (AvgIpc) is 2.77. The van der Waals surface area contributed by atoms with Crippen LogP contribution >= 0.6 is 0 Å². The maximum Gasteiger partial charge on any atom is 0.156 e. The molecular formula is C27H28N2O3S. The normalized spacial score (nSPS) is 12.8. The lowest BCUT2D eigenvalue weighted by Crippen LogP contribution is -2.28. The molecule has 0 spiro atoms. The van der Waals surface area contributed by atoms with Crippen LogP contribution in [0.1, 0.15) is 39.0 Å². The summed E-state index contributed by atoms with van der Waals surface area (Å²) in [6, 6.07) is 21.2. The van der Waals surface area contributed by atoms with E-state index >= 15 is 0 Å². The first-order valence-corrected chi connectivity index (χ1v) is 12.7. The van der Waals surface area contributed by atoms with Crippen LogP contribution in [0.3, 0.4) is 0 Å². The molecule has 2 heterocycles. The molecule has 0 aliphatic carbocycles. The van der Waals surface area contributed by atoms with Crippen molar-refractivity contribution in [1.29, 1.82) is 0 Å². The SMILES string of the molecule is CC(C)(O)c1cccc(-c2cccc(-c3cc(C(C)(C)S(C)(=O)=O)cc4cccnc34)c2)n1. The van der Waals surface area contributed by atoms with Crippen molar-refractivity contribution in [3.05, 3.63) is 84.2 Å². The van der Waals surface area contributed by atoms with Crippen LogP contribution in [-0.2, 0) is 20.2 Å². The van der Waals surface area contributed by atoms with E-state index in [1.54, 1.807) is 33.9 Å². The summed E-state index contributed by atoms with van der Waals surface area (Å²) in [5.74, 6) is 0. The predicted octanol–water partition coefficient (Wildman–Crippen LogP) is 5.47. The van der Waals surface area contributed by atoms with Crippen molar-refractivity contribution < 1.29 is 13.5 Å². The average molecular weight is 461 g/mol. The summed E-state index contributed by atoms with van der Waals surface area (Å²) in [6.45, 7) is 6.88. The molecule has 2 aromatic heterocycles. The minimum absolute atomic E-state index is 0.592. The highest BCUT2D eigenvalue weighted by Gasteiger charge is 2.33. The van der Waals surface area contributed by atoms with Gasteiger partial charge in [0.25, 0.3) is 0 Å². The van der Waals surface area contributed by atoms with E-state index in [1.165, 1.54) is 6.26 Å². The van der Waals surface area contributed by atoms with Crippen LogP contribution < -0.4 is 0 Å². The van der Waals surface area contributed by atoms with Gasteiger partial charge in [0.05, 0.1) is 21.7 Å². The first-order chi connectivity index (χ1) is 15.4. The molecular weight excluding hydrogens is 432 g/mol. The predicted molar refractivity (Wildman–Crippen MR) is 134 cm³/mol. The van der Waals surface area contributed by atoms with Crippen molar-refractivity contribution >= 4 is 20.7 Å². The minimum atomic E-state index is -3.35. The lowest BCUT2D eigenvalue weighted by atomic mass is 9.92. The Morgan fingerprint density at radius 1 is 0.848 bits per heavy atom. The van der Waals surface area contributed by atoms with Crippen LogP contribution in [0.4, 0.5) is 0 Å². The van der Waals surface area contributed by atoms with Crippen molar-refractivity contribution in [3.8, 4) is 22.4 Å².